The fraction of sp³-hybridized carbons (Fsp3) is 0.944. The minimum atomic E-state index is -2.65. The van der Waals surface area contributed by atoms with E-state index in [0.29, 0.717) is 71.9 Å². The van der Waals surface area contributed by atoms with Crippen molar-refractivity contribution in [3.8, 4) is 0 Å². The van der Waals surface area contributed by atoms with Gasteiger partial charge in [0, 0.05) is 58.7 Å². The van der Waals surface area contributed by atoms with Crippen LogP contribution in [0.15, 0.2) is 0 Å². The molecule has 0 saturated carbocycles. The first-order valence-electron chi connectivity index (χ1n) is 10.2. The maximum Gasteiger partial charge on any atom is 0.500 e. The number of amides is 2. The summed E-state index contributed by atoms with van der Waals surface area (Å²) in [5.74, 6) is 0. The Morgan fingerprint density at radius 3 is 1.70 bits per heavy atom. The fourth-order valence-corrected chi connectivity index (χ4v) is 5.18. The van der Waals surface area contributed by atoms with Gasteiger partial charge in [0.1, 0.15) is 0 Å². The van der Waals surface area contributed by atoms with Crippen LogP contribution in [-0.4, -0.2) is 85.6 Å². The van der Waals surface area contributed by atoms with Crippen LogP contribution in [0.3, 0.4) is 0 Å². The van der Waals surface area contributed by atoms with Crippen molar-refractivity contribution in [2.75, 3.05) is 65.9 Å². The van der Waals surface area contributed by atoms with Gasteiger partial charge in [-0.3, -0.25) is 0 Å². The first kappa shape index (κ1) is 26.3. The van der Waals surface area contributed by atoms with E-state index in [9.17, 15) is 4.79 Å². The monoisotopic (exact) mass is 408 g/mol. The number of nitrogens with one attached hydrogen (secondary N) is 1. The second-order valence-corrected chi connectivity index (χ2v) is 8.43. The summed E-state index contributed by atoms with van der Waals surface area (Å²) in [6.45, 7) is 15.3. The van der Waals surface area contributed by atoms with E-state index in [1.54, 1.807) is 4.90 Å². The molecule has 9 heteroatoms. The third-order valence-corrected chi connectivity index (χ3v) is 6.89. The average molecular weight is 409 g/mol. The van der Waals surface area contributed by atoms with Crippen molar-refractivity contribution in [3.05, 3.63) is 0 Å². The first-order valence-corrected chi connectivity index (χ1v) is 12.1. The molecule has 0 fully saturated rings. The van der Waals surface area contributed by atoms with E-state index in [4.69, 9.17) is 22.8 Å². The Labute approximate surface area is 166 Å². The van der Waals surface area contributed by atoms with E-state index >= 15 is 0 Å². The molecule has 27 heavy (non-hydrogen) atoms. The standard InChI is InChI=1S/C18H40N2O6Si/c1-6-22-15-13-20(14-16-23-7-2)18(21)19-12-11-17-27(24-8-3,25-9-4)26-10-5/h6-17H2,1-5H3,(H,19,21). The second-order valence-electron chi connectivity index (χ2n) is 5.70. The van der Waals surface area contributed by atoms with Crippen LogP contribution in [0.4, 0.5) is 4.79 Å². The molecule has 0 aromatic carbocycles. The predicted molar refractivity (Wildman–Crippen MR) is 108 cm³/mol. The van der Waals surface area contributed by atoms with Crippen molar-refractivity contribution in [1.29, 1.82) is 0 Å². The van der Waals surface area contributed by atoms with Crippen LogP contribution < -0.4 is 5.32 Å². The Morgan fingerprint density at radius 1 is 0.815 bits per heavy atom. The molecule has 0 spiro atoms. The lowest BCUT2D eigenvalue weighted by Crippen LogP contribution is -2.47. The number of ether oxygens (including phenoxy) is 2. The van der Waals surface area contributed by atoms with Gasteiger partial charge in [-0.05, 0) is 41.0 Å². The summed E-state index contributed by atoms with van der Waals surface area (Å²) in [5, 5.41) is 2.97. The van der Waals surface area contributed by atoms with E-state index in [0.717, 1.165) is 6.42 Å². The molecule has 8 nitrogen and oxygen atoms in total. The van der Waals surface area contributed by atoms with E-state index in [1.165, 1.54) is 0 Å². The summed E-state index contributed by atoms with van der Waals surface area (Å²) < 4.78 is 28.2. The van der Waals surface area contributed by atoms with Gasteiger partial charge in [0.15, 0.2) is 0 Å². The molecule has 0 aliphatic carbocycles. The van der Waals surface area contributed by atoms with Gasteiger partial charge in [-0.15, -0.1) is 0 Å². The number of carbonyl (C=O) groups excluding carboxylic acids is 1. The molecule has 0 saturated heterocycles. The van der Waals surface area contributed by atoms with Crippen LogP contribution in [0.1, 0.15) is 41.0 Å². The largest absolute Gasteiger partial charge is 0.500 e. The molecule has 0 aromatic heterocycles. The zero-order valence-electron chi connectivity index (χ0n) is 17.9. The summed E-state index contributed by atoms with van der Waals surface area (Å²) in [6, 6.07) is 0.576. The van der Waals surface area contributed by atoms with E-state index in [1.807, 2.05) is 34.6 Å². The van der Waals surface area contributed by atoms with Crippen molar-refractivity contribution in [2.45, 2.75) is 47.1 Å². The van der Waals surface area contributed by atoms with Crippen LogP contribution in [0.5, 0.6) is 0 Å². The third kappa shape index (κ3) is 12.4. The van der Waals surface area contributed by atoms with Gasteiger partial charge >= 0.3 is 14.8 Å². The van der Waals surface area contributed by atoms with Crippen LogP contribution in [0.2, 0.25) is 6.04 Å². The topological polar surface area (TPSA) is 78.5 Å². The predicted octanol–water partition coefficient (Wildman–Crippen LogP) is 2.51. The lowest BCUT2D eigenvalue weighted by Gasteiger charge is -2.28. The highest BCUT2D eigenvalue weighted by atomic mass is 28.4. The zero-order chi connectivity index (χ0) is 20.4. The highest BCUT2D eigenvalue weighted by Crippen LogP contribution is 2.17. The van der Waals surface area contributed by atoms with Crippen LogP contribution >= 0.6 is 0 Å². The van der Waals surface area contributed by atoms with Crippen molar-refractivity contribution in [1.82, 2.24) is 10.2 Å². The smallest absolute Gasteiger partial charge is 0.380 e. The van der Waals surface area contributed by atoms with E-state index < -0.39 is 8.80 Å². The van der Waals surface area contributed by atoms with Crippen molar-refractivity contribution < 1.29 is 27.5 Å². The third-order valence-electron chi connectivity index (χ3n) is 3.74. The van der Waals surface area contributed by atoms with Gasteiger partial charge in [0.2, 0.25) is 0 Å². The Bertz CT molecular complexity index is 336. The Hall–Kier alpha value is -0.713. The second kappa shape index (κ2) is 17.4. The maximum absolute atomic E-state index is 12.5. The van der Waals surface area contributed by atoms with Crippen molar-refractivity contribution >= 4 is 14.8 Å². The number of hydrogen-bond donors (Lipinski definition) is 1. The van der Waals surface area contributed by atoms with E-state index in [-0.39, 0.29) is 6.03 Å². The summed E-state index contributed by atoms with van der Waals surface area (Å²) in [4.78, 5) is 14.2. The first-order chi connectivity index (χ1) is 13.1. The fourth-order valence-electron chi connectivity index (χ4n) is 2.57. The van der Waals surface area contributed by atoms with E-state index in [2.05, 4.69) is 5.32 Å². The minimum absolute atomic E-state index is 0.106. The number of hydrogen-bond acceptors (Lipinski definition) is 6. The summed E-state index contributed by atoms with van der Waals surface area (Å²) in [5.41, 5.74) is 0. The molecule has 0 heterocycles. The molecule has 0 bridgehead atoms. The molecule has 0 aliphatic heterocycles. The normalized spacial score (nSPS) is 11.6. The van der Waals surface area contributed by atoms with Gasteiger partial charge in [-0.25, -0.2) is 4.79 Å². The molecule has 1 N–H and O–H groups in total. The Kier molecular flexibility index (Phi) is 16.9. The molecule has 0 aromatic rings. The maximum atomic E-state index is 12.5. The van der Waals surface area contributed by atoms with Crippen molar-refractivity contribution in [3.63, 3.8) is 0 Å². The highest BCUT2D eigenvalue weighted by Gasteiger charge is 2.39. The molecule has 2 amide bonds. The summed E-state index contributed by atoms with van der Waals surface area (Å²) in [6.07, 6.45) is 0.739. The SMILES string of the molecule is CCOCCN(CCOCC)C(=O)NCCC[Si](OCC)(OCC)OCC. The zero-order valence-corrected chi connectivity index (χ0v) is 18.9. The lowest BCUT2D eigenvalue weighted by atomic mass is 10.4. The molecule has 0 radical (unpaired) electrons. The molecule has 0 atom stereocenters. The summed E-state index contributed by atoms with van der Waals surface area (Å²) >= 11 is 0. The number of rotatable bonds is 18. The molecule has 0 unspecified atom stereocenters. The highest BCUT2D eigenvalue weighted by molar-refractivity contribution is 6.60. The lowest BCUT2D eigenvalue weighted by molar-refractivity contribution is 0.0707. The number of carbonyl (C=O) groups is 1. The Morgan fingerprint density at radius 2 is 1.30 bits per heavy atom. The molecular formula is C18H40N2O6Si. The van der Waals surface area contributed by atoms with Crippen molar-refractivity contribution in [2.24, 2.45) is 0 Å². The van der Waals surface area contributed by atoms with Gasteiger partial charge in [-0.2, -0.15) is 0 Å². The Balaban J connectivity index is 4.45. The average Bonchev–Trinajstić information content (AvgIpc) is 2.65. The van der Waals surface area contributed by atoms with Crippen LogP contribution in [0, 0.1) is 0 Å². The van der Waals surface area contributed by atoms with Crippen LogP contribution in [0.25, 0.3) is 0 Å². The number of nitrogens with zero attached hydrogens (tertiary/aromatic N) is 1. The van der Waals surface area contributed by atoms with Crippen LogP contribution in [-0.2, 0) is 22.8 Å². The minimum Gasteiger partial charge on any atom is -0.380 e. The molecule has 0 rings (SSSR count). The molecular weight excluding hydrogens is 368 g/mol. The molecule has 162 valence electrons. The van der Waals surface area contributed by atoms with Gasteiger partial charge in [-0.1, -0.05) is 0 Å². The quantitative estimate of drug-likeness (QED) is 0.277. The molecule has 0 aliphatic rings. The van der Waals surface area contributed by atoms with Gasteiger partial charge in [0.05, 0.1) is 13.2 Å². The van der Waals surface area contributed by atoms with Gasteiger partial charge < -0.3 is 33.0 Å². The number of urea groups is 1. The summed E-state index contributed by atoms with van der Waals surface area (Å²) in [7, 11) is -2.65. The van der Waals surface area contributed by atoms with Gasteiger partial charge in [0.25, 0.3) is 0 Å².